The molecule has 3 rings (SSSR count). The highest BCUT2D eigenvalue weighted by molar-refractivity contribution is 9.09. The molecule has 2 aromatic carbocycles. The molecule has 0 bridgehead atoms. The number of H-pyrrole nitrogens is 1. The van der Waals surface area contributed by atoms with E-state index in [1.54, 1.807) is 12.1 Å². The van der Waals surface area contributed by atoms with E-state index in [9.17, 15) is 22.4 Å². The fourth-order valence-electron chi connectivity index (χ4n) is 2.70. The average molecular weight is 481 g/mol. The number of Topliss-reactive ketones (excluding diaryl/α,β-unsaturated/α-hetero) is 1. The summed E-state index contributed by atoms with van der Waals surface area (Å²) in [5.41, 5.74) is 0.680. The number of alkyl halides is 4. The first-order valence-electron chi connectivity index (χ1n) is 7.69. The van der Waals surface area contributed by atoms with E-state index in [1.807, 2.05) is 0 Å². The lowest BCUT2D eigenvalue weighted by Gasteiger charge is -2.14. The first-order chi connectivity index (χ1) is 13.1. The molecule has 0 amide bonds. The molecular weight excluding hydrogens is 470 g/mol. The topological polar surface area (TPSA) is 51.3 Å². The molecule has 1 heterocycles. The number of rotatable bonds is 5. The van der Waals surface area contributed by atoms with Gasteiger partial charge < -0.3 is 14.5 Å². The number of aromatic amines is 1. The third-order valence-electron chi connectivity index (χ3n) is 3.92. The van der Waals surface area contributed by atoms with Gasteiger partial charge in [-0.15, -0.1) is 13.2 Å². The predicted molar refractivity (Wildman–Crippen MR) is 98.9 cm³/mol. The lowest BCUT2D eigenvalue weighted by Crippen LogP contribution is -2.18. The normalized spacial score (nSPS) is 12.8. The number of carbonyl (C=O) groups is 1. The van der Waals surface area contributed by atoms with Crippen molar-refractivity contribution in [3.05, 3.63) is 58.5 Å². The van der Waals surface area contributed by atoms with E-state index < -0.39 is 28.5 Å². The van der Waals surface area contributed by atoms with Crippen LogP contribution in [0.3, 0.4) is 0 Å². The van der Waals surface area contributed by atoms with Gasteiger partial charge in [0.25, 0.3) is 0 Å². The van der Waals surface area contributed by atoms with E-state index in [4.69, 9.17) is 16.3 Å². The van der Waals surface area contributed by atoms with Gasteiger partial charge in [-0.05, 0) is 18.2 Å². The summed E-state index contributed by atoms with van der Waals surface area (Å²) < 4.78 is 60.2. The molecule has 1 N–H and O–H groups in total. The summed E-state index contributed by atoms with van der Waals surface area (Å²) in [7, 11) is 1.41. The number of halogens is 6. The van der Waals surface area contributed by atoms with E-state index in [0.717, 1.165) is 12.1 Å². The summed E-state index contributed by atoms with van der Waals surface area (Å²) in [6.07, 6.45) is -3.77. The number of carbonyl (C=O) groups excluding carboxylic acids is 1. The Bertz CT molecular complexity index is 1050. The smallest absolute Gasteiger partial charge is 0.496 e. The van der Waals surface area contributed by atoms with Gasteiger partial charge in [0, 0.05) is 39.3 Å². The molecule has 148 valence electrons. The number of ether oxygens (including phenoxy) is 2. The maximum absolute atomic E-state index is 13.9. The Labute approximate surface area is 169 Å². The maximum Gasteiger partial charge on any atom is 0.573 e. The van der Waals surface area contributed by atoms with Gasteiger partial charge in [0.05, 0.1) is 7.11 Å². The van der Waals surface area contributed by atoms with Gasteiger partial charge in [-0.2, -0.15) is 0 Å². The van der Waals surface area contributed by atoms with E-state index in [-0.39, 0.29) is 16.5 Å². The number of nitrogens with one attached hydrogen (secondary N) is 1. The van der Waals surface area contributed by atoms with Gasteiger partial charge in [-0.3, -0.25) is 4.79 Å². The Morgan fingerprint density at radius 3 is 2.57 bits per heavy atom. The van der Waals surface area contributed by atoms with E-state index in [0.29, 0.717) is 16.3 Å². The first-order valence-corrected chi connectivity index (χ1v) is 8.98. The molecule has 0 saturated carbocycles. The minimum absolute atomic E-state index is 0.0564. The van der Waals surface area contributed by atoms with Crippen LogP contribution in [-0.4, -0.2) is 24.2 Å². The summed E-state index contributed by atoms with van der Waals surface area (Å²) in [6, 6.07) is 6.35. The number of benzene rings is 2. The van der Waals surface area contributed by atoms with Crippen LogP contribution in [0.5, 0.6) is 11.5 Å². The molecular formula is C18H11BrClF4NO3. The minimum Gasteiger partial charge on any atom is -0.496 e. The quantitative estimate of drug-likeness (QED) is 0.269. The Morgan fingerprint density at radius 2 is 1.93 bits per heavy atom. The second-order valence-corrected chi connectivity index (χ2v) is 7.04. The SMILES string of the molecule is COc1cc(Cl)ccc1C(Br)C(=O)c1c[nH]c2cc(F)c(OC(F)(F)F)cc12. The van der Waals surface area contributed by atoms with Crippen LogP contribution in [0.2, 0.25) is 5.02 Å². The third-order valence-corrected chi connectivity index (χ3v) is 5.07. The summed E-state index contributed by atoms with van der Waals surface area (Å²) in [5.74, 6) is -2.35. The molecule has 1 atom stereocenters. The summed E-state index contributed by atoms with van der Waals surface area (Å²) in [4.78, 5) is 14.7. The Kier molecular flexibility index (Phi) is 5.58. The van der Waals surface area contributed by atoms with Crippen molar-refractivity contribution in [2.75, 3.05) is 7.11 Å². The van der Waals surface area contributed by atoms with Gasteiger partial charge in [-0.1, -0.05) is 33.6 Å². The standard InChI is InChI=1S/C18H11BrClF4NO3/c1-27-14-4-8(20)2-3-9(14)16(19)17(26)11-7-25-13-6-12(21)15(5-10(11)13)28-18(22,23)24/h2-7,16,25H,1H3. The van der Waals surface area contributed by atoms with Gasteiger partial charge in [-0.25, -0.2) is 4.39 Å². The van der Waals surface area contributed by atoms with Gasteiger partial charge >= 0.3 is 6.36 Å². The van der Waals surface area contributed by atoms with Crippen LogP contribution in [-0.2, 0) is 0 Å². The molecule has 0 saturated heterocycles. The van der Waals surface area contributed by atoms with Crippen LogP contribution >= 0.6 is 27.5 Å². The second kappa shape index (κ2) is 7.63. The number of aromatic nitrogens is 1. The van der Waals surface area contributed by atoms with Crippen LogP contribution in [0.4, 0.5) is 17.6 Å². The molecule has 0 radical (unpaired) electrons. The first kappa shape index (κ1) is 20.5. The molecule has 3 aromatic rings. The van der Waals surface area contributed by atoms with Crippen molar-refractivity contribution in [3.63, 3.8) is 0 Å². The zero-order chi connectivity index (χ0) is 20.6. The molecule has 0 aliphatic heterocycles. The van der Waals surface area contributed by atoms with E-state index in [2.05, 4.69) is 25.7 Å². The van der Waals surface area contributed by atoms with Gasteiger partial charge in [0.15, 0.2) is 17.3 Å². The van der Waals surface area contributed by atoms with Gasteiger partial charge in [0.1, 0.15) is 10.6 Å². The number of fused-ring (bicyclic) bond motifs is 1. The monoisotopic (exact) mass is 479 g/mol. The second-order valence-electron chi connectivity index (χ2n) is 5.69. The predicted octanol–water partition coefficient (Wildman–Crippen LogP) is 6.19. The fourth-order valence-corrected chi connectivity index (χ4v) is 3.49. The average Bonchev–Trinajstić information content (AvgIpc) is 3.02. The Balaban J connectivity index is 2.03. The minimum atomic E-state index is -5.07. The molecule has 1 unspecified atom stereocenters. The van der Waals surface area contributed by atoms with Crippen LogP contribution in [0, 0.1) is 5.82 Å². The molecule has 0 fully saturated rings. The van der Waals surface area contributed by atoms with Gasteiger partial charge in [0.2, 0.25) is 0 Å². The zero-order valence-electron chi connectivity index (χ0n) is 14.0. The van der Waals surface area contributed by atoms with Crippen LogP contribution < -0.4 is 9.47 Å². The summed E-state index contributed by atoms with van der Waals surface area (Å²) in [6.45, 7) is 0. The van der Waals surface area contributed by atoms with Crippen molar-refractivity contribution in [2.24, 2.45) is 0 Å². The van der Waals surface area contributed by atoms with Crippen molar-refractivity contribution < 1.29 is 31.8 Å². The number of ketones is 1. The van der Waals surface area contributed by atoms with Crippen LogP contribution in [0.25, 0.3) is 10.9 Å². The number of methoxy groups -OCH3 is 1. The van der Waals surface area contributed by atoms with E-state index >= 15 is 0 Å². The van der Waals surface area contributed by atoms with Crippen molar-refractivity contribution in [3.8, 4) is 11.5 Å². The maximum atomic E-state index is 13.9. The van der Waals surface area contributed by atoms with Crippen molar-refractivity contribution in [1.29, 1.82) is 0 Å². The largest absolute Gasteiger partial charge is 0.573 e. The zero-order valence-corrected chi connectivity index (χ0v) is 16.4. The molecule has 10 heteroatoms. The Hall–Kier alpha value is -2.26. The highest BCUT2D eigenvalue weighted by atomic mass is 79.9. The molecule has 1 aromatic heterocycles. The molecule has 28 heavy (non-hydrogen) atoms. The molecule has 0 aliphatic rings. The number of hydrogen-bond acceptors (Lipinski definition) is 3. The lowest BCUT2D eigenvalue weighted by atomic mass is 10.0. The van der Waals surface area contributed by atoms with Crippen LogP contribution in [0.15, 0.2) is 36.5 Å². The fraction of sp³-hybridized carbons (Fsp3) is 0.167. The summed E-state index contributed by atoms with van der Waals surface area (Å²) in [5, 5.41) is 0.493. The lowest BCUT2D eigenvalue weighted by molar-refractivity contribution is -0.275. The Morgan fingerprint density at radius 1 is 1.21 bits per heavy atom. The highest BCUT2D eigenvalue weighted by Crippen LogP contribution is 2.38. The molecule has 0 spiro atoms. The third kappa shape index (κ3) is 4.10. The number of hydrogen-bond donors (Lipinski definition) is 1. The van der Waals surface area contributed by atoms with E-state index in [1.165, 1.54) is 19.4 Å². The highest BCUT2D eigenvalue weighted by Gasteiger charge is 2.33. The van der Waals surface area contributed by atoms with Crippen molar-refractivity contribution in [2.45, 2.75) is 11.2 Å². The van der Waals surface area contributed by atoms with Crippen molar-refractivity contribution in [1.82, 2.24) is 4.98 Å². The molecule has 0 aliphatic carbocycles. The summed E-state index contributed by atoms with van der Waals surface area (Å²) >= 11 is 9.20. The van der Waals surface area contributed by atoms with Crippen molar-refractivity contribution >= 4 is 44.2 Å². The van der Waals surface area contributed by atoms with Crippen LogP contribution in [0.1, 0.15) is 20.7 Å². The molecule has 4 nitrogen and oxygen atoms in total.